The summed E-state index contributed by atoms with van der Waals surface area (Å²) in [6, 6.07) is 4.60. The maximum absolute atomic E-state index is 14.9. The van der Waals surface area contributed by atoms with E-state index in [1.165, 1.54) is 30.1 Å². The summed E-state index contributed by atoms with van der Waals surface area (Å²) >= 11 is 0. The number of hydrogen-bond acceptors (Lipinski definition) is 8. The molecule has 1 atom stereocenters. The highest BCUT2D eigenvalue weighted by atomic mass is 19.1. The quantitative estimate of drug-likeness (QED) is 0.613. The Balaban J connectivity index is 1.63. The van der Waals surface area contributed by atoms with Gasteiger partial charge in [-0.25, -0.2) is 9.18 Å². The molecule has 10 heteroatoms. The molecule has 0 bridgehead atoms. The van der Waals surface area contributed by atoms with Gasteiger partial charge in [0, 0.05) is 26.1 Å². The van der Waals surface area contributed by atoms with Gasteiger partial charge in [0.25, 0.3) is 0 Å². The van der Waals surface area contributed by atoms with Crippen molar-refractivity contribution in [1.29, 1.82) is 0 Å². The summed E-state index contributed by atoms with van der Waals surface area (Å²) in [5, 5.41) is 1.50. The molecule has 2 aliphatic rings. The lowest BCUT2D eigenvalue weighted by atomic mass is 10.1. The molecule has 0 saturated carbocycles. The van der Waals surface area contributed by atoms with Crippen LogP contribution in [0.5, 0.6) is 0 Å². The number of ether oxygens (including phenoxy) is 2. The summed E-state index contributed by atoms with van der Waals surface area (Å²) in [6.07, 6.45) is -0.137. The number of anilines is 2. The third-order valence-corrected chi connectivity index (χ3v) is 5.06. The molecule has 1 aromatic carbocycles. The van der Waals surface area contributed by atoms with Crippen LogP contribution in [0.15, 0.2) is 18.2 Å². The van der Waals surface area contributed by atoms with Crippen molar-refractivity contribution in [2.24, 2.45) is 0 Å². The Bertz CT molecular complexity index is 805. The second-order valence-electron chi connectivity index (χ2n) is 7.25. The van der Waals surface area contributed by atoms with Gasteiger partial charge in [-0.1, -0.05) is 0 Å². The Hall–Kier alpha value is -2.72. The molecule has 3 rings (SSSR count). The molecule has 164 valence electrons. The normalized spacial score (nSPS) is 20.1. The first kappa shape index (κ1) is 22.0. The molecule has 0 spiro atoms. The van der Waals surface area contributed by atoms with Crippen LogP contribution in [0.25, 0.3) is 0 Å². The number of nitrogens with zero attached hydrogens (tertiary/aromatic N) is 3. The van der Waals surface area contributed by atoms with E-state index in [-0.39, 0.29) is 25.0 Å². The Kier molecular flexibility index (Phi) is 7.22. The van der Waals surface area contributed by atoms with Crippen LogP contribution in [0, 0.1) is 5.82 Å². The number of rotatable bonds is 7. The van der Waals surface area contributed by atoms with Crippen molar-refractivity contribution in [2.75, 3.05) is 56.2 Å². The molecule has 30 heavy (non-hydrogen) atoms. The zero-order valence-electron chi connectivity index (χ0n) is 17.1. The van der Waals surface area contributed by atoms with Crippen molar-refractivity contribution in [1.82, 2.24) is 5.06 Å². The lowest BCUT2D eigenvalue weighted by molar-refractivity contribution is -0.172. The van der Waals surface area contributed by atoms with Gasteiger partial charge in [0.15, 0.2) is 0 Å². The minimum Gasteiger partial charge on any atom is -0.468 e. The maximum Gasteiger partial charge on any atom is 0.414 e. The summed E-state index contributed by atoms with van der Waals surface area (Å²) in [5.41, 5.74) is 0.799. The van der Waals surface area contributed by atoms with Crippen molar-refractivity contribution < 1.29 is 33.1 Å². The van der Waals surface area contributed by atoms with Crippen molar-refractivity contribution in [3.8, 4) is 0 Å². The molecular weight excluding hydrogens is 397 g/mol. The smallest absolute Gasteiger partial charge is 0.414 e. The molecule has 1 aromatic rings. The number of carbonyl (C=O) groups excluding carboxylic acids is 3. The average Bonchev–Trinajstić information content (AvgIpc) is 2.93. The fourth-order valence-corrected chi connectivity index (χ4v) is 3.43. The average molecular weight is 423 g/mol. The first-order chi connectivity index (χ1) is 14.4. The number of carbonyl (C=O) groups is 3. The molecule has 0 aliphatic carbocycles. The molecule has 2 heterocycles. The number of hydroxylamine groups is 2. The molecule has 0 aromatic heterocycles. The van der Waals surface area contributed by atoms with Gasteiger partial charge in [0.05, 0.1) is 31.6 Å². The Morgan fingerprint density at radius 3 is 2.77 bits per heavy atom. The van der Waals surface area contributed by atoms with Crippen LogP contribution in [-0.2, 0) is 23.9 Å². The summed E-state index contributed by atoms with van der Waals surface area (Å²) in [4.78, 5) is 43.4. The van der Waals surface area contributed by atoms with Crippen LogP contribution in [0.3, 0.4) is 0 Å². The molecule has 1 amide bonds. The van der Waals surface area contributed by atoms with Crippen LogP contribution < -0.4 is 9.80 Å². The minimum atomic E-state index is -0.544. The minimum absolute atomic E-state index is 0.00757. The van der Waals surface area contributed by atoms with E-state index in [4.69, 9.17) is 9.57 Å². The number of halogens is 1. The number of benzene rings is 1. The maximum atomic E-state index is 14.9. The summed E-state index contributed by atoms with van der Waals surface area (Å²) in [7, 11) is 1.31. The zero-order valence-corrected chi connectivity index (χ0v) is 17.1. The molecule has 9 nitrogen and oxygen atoms in total. The fourth-order valence-electron chi connectivity index (χ4n) is 3.43. The van der Waals surface area contributed by atoms with Gasteiger partial charge in [-0.05, 0) is 31.5 Å². The van der Waals surface area contributed by atoms with Gasteiger partial charge in [0.1, 0.15) is 24.2 Å². The summed E-state index contributed by atoms with van der Waals surface area (Å²) in [6.45, 7) is 3.41. The van der Waals surface area contributed by atoms with Crippen LogP contribution in [0.4, 0.5) is 20.6 Å². The van der Waals surface area contributed by atoms with E-state index < -0.39 is 17.9 Å². The number of hydrogen-bond donors (Lipinski definition) is 0. The fraction of sp³-hybridized carbons (Fsp3) is 0.550. The van der Waals surface area contributed by atoms with E-state index >= 15 is 0 Å². The highest BCUT2D eigenvalue weighted by molar-refractivity contribution is 5.90. The van der Waals surface area contributed by atoms with Gasteiger partial charge in [0.2, 0.25) is 0 Å². The summed E-state index contributed by atoms with van der Waals surface area (Å²) < 4.78 is 24.8. The predicted molar refractivity (Wildman–Crippen MR) is 106 cm³/mol. The van der Waals surface area contributed by atoms with E-state index in [9.17, 15) is 18.8 Å². The standard InChI is InChI=1S/C20H26FN3O6/c1-14(25)3-5-16-12-24(20(27)30-16)15-4-6-18(17(21)11-15)22-7-8-23(29-10-9-22)13-19(26)28-2/h4,6,11,16H,3,5,7-10,12-13H2,1-2H3/t16-/m0/s1. The number of esters is 1. The van der Waals surface area contributed by atoms with Gasteiger partial charge < -0.3 is 19.2 Å². The second kappa shape index (κ2) is 9.86. The van der Waals surface area contributed by atoms with E-state index in [0.717, 1.165) is 0 Å². The SMILES string of the molecule is COC(=O)CN1CCN(c2ccc(N3C[C@H](CCC(C)=O)OC3=O)cc2F)CCO1. The lowest BCUT2D eigenvalue weighted by Crippen LogP contribution is -2.34. The van der Waals surface area contributed by atoms with Gasteiger partial charge in [-0.15, -0.1) is 0 Å². The topological polar surface area (TPSA) is 88.6 Å². The predicted octanol–water partition coefficient (Wildman–Crippen LogP) is 1.75. The second-order valence-corrected chi connectivity index (χ2v) is 7.25. The number of Topliss-reactive ketones (excluding diaryl/α,β-unsaturated/α-hetero) is 1. The first-order valence-corrected chi connectivity index (χ1v) is 9.84. The van der Waals surface area contributed by atoms with Crippen LogP contribution >= 0.6 is 0 Å². The third kappa shape index (κ3) is 5.45. The Morgan fingerprint density at radius 2 is 2.07 bits per heavy atom. The first-order valence-electron chi connectivity index (χ1n) is 9.84. The number of ketones is 1. The third-order valence-electron chi connectivity index (χ3n) is 5.06. The van der Waals surface area contributed by atoms with Gasteiger partial charge >= 0.3 is 12.1 Å². The molecule has 2 fully saturated rings. The van der Waals surface area contributed by atoms with Crippen molar-refractivity contribution in [3.05, 3.63) is 24.0 Å². The van der Waals surface area contributed by atoms with Gasteiger partial charge in [-0.3, -0.25) is 14.5 Å². The lowest BCUT2D eigenvalue weighted by Gasteiger charge is -2.23. The number of methoxy groups -OCH3 is 1. The van der Waals surface area contributed by atoms with E-state index in [1.54, 1.807) is 12.1 Å². The molecular formula is C20H26FN3O6. The van der Waals surface area contributed by atoms with Crippen LogP contribution in [0.1, 0.15) is 19.8 Å². The highest BCUT2D eigenvalue weighted by Gasteiger charge is 2.33. The molecule has 2 aliphatic heterocycles. The van der Waals surface area contributed by atoms with Crippen molar-refractivity contribution in [3.63, 3.8) is 0 Å². The molecule has 2 saturated heterocycles. The van der Waals surface area contributed by atoms with Gasteiger partial charge in [-0.2, -0.15) is 5.06 Å². The van der Waals surface area contributed by atoms with Crippen molar-refractivity contribution >= 4 is 29.2 Å². The van der Waals surface area contributed by atoms with Crippen molar-refractivity contribution in [2.45, 2.75) is 25.9 Å². The van der Waals surface area contributed by atoms with E-state index in [1.807, 2.05) is 4.90 Å². The molecule has 0 unspecified atom stereocenters. The van der Waals surface area contributed by atoms with E-state index in [2.05, 4.69) is 4.74 Å². The Labute approximate surface area is 174 Å². The Morgan fingerprint density at radius 1 is 1.27 bits per heavy atom. The molecule has 0 radical (unpaired) electrons. The monoisotopic (exact) mass is 423 g/mol. The van der Waals surface area contributed by atoms with Crippen LogP contribution in [0.2, 0.25) is 0 Å². The van der Waals surface area contributed by atoms with Crippen LogP contribution in [-0.4, -0.2) is 75.5 Å². The highest BCUT2D eigenvalue weighted by Crippen LogP contribution is 2.29. The van der Waals surface area contributed by atoms with E-state index in [0.29, 0.717) is 50.5 Å². The zero-order chi connectivity index (χ0) is 21.7. The number of cyclic esters (lactones) is 1. The number of amides is 1. The molecule has 0 N–H and O–H groups in total. The summed E-state index contributed by atoms with van der Waals surface area (Å²) in [5.74, 6) is -0.835. The largest absolute Gasteiger partial charge is 0.468 e.